The lowest BCUT2D eigenvalue weighted by molar-refractivity contribution is -0.282. The van der Waals surface area contributed by atoms with Crippen molar-refractivity contribution in [2.45, 2.75) is 81.8 Å². The molecule has 256 valence electrons. The molecule has 1 aromatic heterocycles. The maximum Gasteiger partial charge on any atom is 0.407 e. The molecule has 0 unspecified atom stereocenters. The van der Waals surface area contributed by atoms with Crippen LogP contribution in [0.3, 0.4) is 0 Å². The number of likely N-dealkylation sites (tertiary alicyclic amines) is 1. The third kappa shape index (κ3) is 12.4. The molecule has 2 amide bonds. The number of ether oxygens (including phenoxy) is 1. The van der Waals surface area contributed by atoms with Crippen LogP contribution in [0.1, 0.15) is 62.8 Å². The minimum absolute atomic E-state index is 0.0932. The molecule has 1 fully saturated rings. The van der Waals surface area contributed by atoms with Crippen LogP contribution in [0.2, 0.25) is 0 Å². The van der Waals surface area contributed by atoms with Gasteiger partial charge >= 0.3 is 29.2 Å². The molecule has 2 aromatic rings. The van der Waals surface area contributed by atoms with Gasteiger partial charge in [0.05, 0.1) is 6.04 Å². The Morgan fingerprint density at radius 1 is 1.11 bits per heavy atom. The summed E-state index contributed by atoms with van der Waals surface area (Å²) in [5.41, 5.74) is -0.397. The number of hydrogen-bond acceptors (Lipinski definition) is 13. The number of nitrogens with zero attached hydrogens (tertiary/aromatic N) is 4. The number of aliphatic hydroxyl groups is 1. The molecule has 20 heteroatoms. The van der Waals surface area contributed by atoms with E-state index in [0.717, 1.165) is 25.3 Å². The minimum Gasteiger partial charge on any atom is -0.435 e. The van der Waals surface area contributed by atoms with Crippen molar-refractivity contribution in [3.63, 3.8) is 0 Å². The quantitative estimate of drug-likeness (QED) is 0.0458. The van der Waals surface area contributed by atoms with Crippen molar-refractivity contribution in [2.75, 3.05) is 13.1 Å². The lowest BCUT2D eigenvalue weighted by atomic mass is 10.0. The normalized spacial score (nSPS) is 16.6. The Hall–Kier alpha value is -2.79. The Labute approximate surface area is 265 Å². The zero-order valence-corrected chi connectivity index (χ0v) is 26.5. The van der Waals surface area contributed by atoms with E-state index in [0.29, 0.717) is 31.6 Å². The summed E-state index contributed by atoms with van der Waals surface area (Å²) in [6.45, 7) is 0.157. The summed E-state index contributed by atoms with van der Waals surface area (Å²) >= 11 is 0. The van der Waals surface area contributed by atoms with E-state index in [2.05, 4.69) is 35.0 Å². The average Bonchev–Trinajstić information content (AvgIpc) is 3.64. The predicted octanol–water partition coefficient (Wildman–Crippen LogP) is 2.62. The van der Waals surface area contributed by atoms with Crippen molar-refractivity contribution < 1.29 is 56.8 Å². The highest BCUT2D eigenvalue weighted by molar-refractivity contribution is 7.40. The largest absolute Gasteiger partial charge is 0.435 e. The third-order valence-corrected chi connectivity index (χ3v) is 7.86. The van der Waals surface area contributed by atoms with E-state index in [-0.39, 0.29) is 25.3 Å². The highest BCUT2D eigenvalue weighted by Crippen LogP contribution is 2.41. The van der Waals surface area contributed by atoms with Crippen molar-refractivity contribution in [3.8, 4) is 0 Å². The molecule has 1 aliphatic rings. The van der Waals surface area contributed by atoms with E-state index in [1.165, 1.54) is 30.3 Å². The minimum atomic E-state index is -3.65. The van der Waals surface area contributed by atoms with E-state index in [1.807, 2.05) is 0 Å². The van der Waals surface area contributed by atoms with Crippen molar-refractivity contribution in [2.24, 2.45) is 0 Å². The van der Waals surface area contributed by atoms with Crippen LogP contribution in [0, 0.1) is 0 Å². The summed E-state index contributed by atoms with van der Waals surface area (Å²) in [7, 11) is -6.30. The molecule has 0 aliphatic carbocycles. The number of tetrazole rings is 1. The summed E-state index contributed by atoms with van der Waals surface area (Å²) in [5, 5.41) is 26.1. The van der Waals surface area contributed by atoms with Crippen molar-refractivity contribution >= 4 is 29.2 Å². The van der Waals surface area contributed by atoms with Crippen LogP contribution in [0.25, 0.3) is 0 Å². The number of unbranched alkanes of at least 4 members (excludes halogenated alkanes) is 3. The fraction of sp³-hybridized carbons (Fsp3) is 0.577. The van der Waals surface area contributed by atoms with E-state index in [4.69, 9.17) is 24.3 Å². The predicted molar refractivity (Wildman–Crippen MR) is 158 cm³/mol. The molecule has 2 heterocycles. The second-order valence-electron chi connectivity index (χ2n) is 10.3. The van der Waals surface area contributed by atoms with Gasteiger partial charge in [-0.15, -0.1) is 10.2 Å². The lowest BCUT2D eigenvalue weighted by Crippen LogP contribution is -2.39. The Balaban J connectivity index is 1.59. The monoisotopic (exact) mass is 694 g/mol. The first kappa shape index (κ1) is 37.7. The SMILES string of the molecule is O=C(NCCCC(O)(OP(O)O)OP(O)O)O[C@H](/C=C/[C@H]1CCC(=O)N1CCCCCCc1nn[nH]n1)C(F)(F)c1ccccc1. The van der Waals surface area contributed by atoms with Gasteiger partial charge in [0.2, 0.25) is 5.91 Å². The Bertz CT molecular complexity index is 1220. The number of carbonyl (C=O) groups is 2. The first-order chi connectivity index (χ1) is 21.9. The highest BCUT2D eigenvalue weighted by atomic mass is 31.2. The number of aromatic amines is 1. The number of H-pyrrole nitrogens is 1. The standard InChI is InChI=1S/C26H38F2N6O10P2/c27-26(28,19-9-4-3-5-10-19)21(42-24(36)29-17-8-16-25(37,43-45(38)39)44-46(40)41)14-12-20-13-15-23(35)34(20)18-7-2-1-6-11-22-30-32-33-31-22/h3-5,9-10,12,14,20-21,37-41H,1-2,6-8,11,13,15-18H2,(H,29,36)(H,30,31,32,33)/b14-12+/t20-,21+/m0/s1. The Kier molecular flexibility index (Phi) is 15.2. The van der Waals surface area contributed by atoms with E-state index in [9.17, 15) is 14.7 Å². The number of aromatic nitrogens is 4. The fourth-order valence-corrected chi connectivity index (χ4v) is 5.59. The van der Waals surface area contributed by atoms with Crippen LogP contribution in [0.5, 0.6) is 0 Å². The van der Waals surface area contributed by atoms with Gasteiger partial charge in [-0.25, -0.2) is 4.79 Å². The number of aryl methyl sites for hydroxylation is 1. The zero-order chi connectivity index (χ0) is 33.6. The number of alkyl carbamates (subject to hydrolysis) is 1. The second kappa shape index (κ2) is 18.5. The molecule has 7 N–H and O–H groups in total. The van der Waals surface area contributed by atoms with Gasteiger partial charge in [-0.05, 0) is 31.8 Å². The summed E-state index contributed by atoms with van der Waals surface area (Å²) in [6.07, 6.45) is 3.15. The topological polar surface area (TPSA) is 233 Å². The van der Waals surface area contributed by atoms with Crippen LogP contribution < -0.4 is 5.32 Å². The highest BCUT2D eigenvalue weighted by Gasteiger charge is 2.43. The number of rotatable bonds is 20. The summed E-state index contributed by atoms with van der Waals surface area (Å²) in [5.74, 6) is -5.90. The summed E-state index contributed by atoms with van der Waals surface area (Å²) < 4.78 is 45.2. The van der Waals surface area contributed by atoms with Crippen molar-refractivity contribution in [1.29, 1.82) is 0 Å². The van der Waals surface area contributed by atoms with Gasteiger partial charge in [0.25, 0.3) is 5.97 Å². The van der Waals surface area contributed by atoms with Gasteiger partial charge in [-0.1, -0.05) is 54.5 Å². The number of benzene rings is 1. The molecule has 0 bridgehead atoms. The van der Waals surface area contributed by atoms with E-state index < -0.39 is 59.3 Å². The molecule has 16 nitrogen and oxygen atoms in total. The first-order valence-corrected chi connectivity index (χ1v) is 16.8. The number of nitrogens with one attached hydrogen (secondary N) is 2. The molecule has 0 spiro atoms. The van der Waals surface area contributed by atoms with Gasteiger partial charge in [0.15, 0.2) is 11.9 Å². The molecule has 1 aromatic carbocycles. The van der Waals surface area contributed by atoms with Gasteiger partial charge in [-0.2, -0.15) is 14.0 Å². The van der Waals surface area contributed by atoms with E-state index in [1.54, 1.807) is 11.0 Å². The van der Waals surface area contributed by atoms with Gasteiger partial charge in [-0.3, -0.25) is 13.8 Å². The fourth-order valence-electron chi connectivity index (χ4n) is 4.76. The number of carbonyl (C=O) groups excluding carboxylic acids is 2. The number of halogens is 2. The molecule has 1 saturated heterocycles. The lowest BCUT2D eigenvalue weighted by Gasteiger charge is -2.28. The van der Waals surface area contributed by atoms with Gasteiger partial charge in [0, 0.05) is 37.9 Å². The van der Waals surface area contributed by atoms with Crippen LogP contribution in [0.4, 0.5) is 13.6 Å². The summed E-state index contributed by atoms with van der Waals surface area (Å²) in [6, 6.07) is 6.34. The number of hydrogen-bond donors (Lipinski definition) is 7. The van der Waals surface area contributed by atoms with E-state index >= 15 is 8.78 Å². The van der Waals surface area contributed by atoms with Crippen LogP contribution in [-0.2, 0) is 30.9 Å². The molecule has 1 aliphatic heterocycles. The maximum atomic E-state index is 15.6. The molecule has 0 radical (unpaired) electrons. The molecular formula is C26H38F2N6O10P2. The molecule has 0 saturated carbocycles. The van der Waals surface area contributed by atoms with Crippen LogP contribution in [-0.4, -0.2) is 93.4 Å². The Morgan fingerprint density at radius 2 is 1.80 bits per heavy atom. The van der Waals surface area contributed by atoms with Crippen LogP contribution in [0.15, 0.2) is 42.5 Å². The smallest absolute Gasteiger partial charge is 0.407 e. The molecule has 2 atom stereocenters. The second-order valence-corrected chi connectivity index (χ2v) is 11.7. The number of amides is 2. The third-order valence-electron chi connectivity index (χ3n) is 6.96. The van der Waals surface area contributed by atoms with Gasteiger partial charge in [0.1, 0.15) is 0 Å². The van der Waals surface area contributed by atoms with Crippen molar-refractivity contribution in [1.82, 2.24) is 30.8 Å². The summed E-state index contributed by atoms with van der Waals surface area (Å²) in [4.78, 5) is 62.7. The zero-order valence-electron chi connectivity index (χ0n) is 24.7. The molecular weight excluding hydrogens is 656 g/mol. The average molecular weight is 695 g/mol. The number of alkyl halides is 2. The van der Waals surface area contributed by atoms with Crippen LogP contribution >= 0.6 is 17.2 Å². The first-order valence-electron chi connectivity index (χ1n) is 14.4. The molecule has 46 heavy (non-hydrogen) atoms. The molecule has 3 rings (SSSR count). The van der Waals surface area contributed by atoms with Crippen molar-refractivity contribution in [3.05, 3.63) is 53.9 Å². The maximum absolute atomic E-state index is 15.6. The van der Waals surface area contributed by atoms with Gasteiger partial charge < -0.3 is 39.6 Å². The Morgan fingerprint density at radius 3 is 2.46 bits per heavy atom.